The van der Waals surface area contributed by atoms with Crippen molar-refractivity contribution in [3.63, 3.8) is 0 Å². The molecule has 88 valence electrons. The van der Waals surface area contributed by atoms with Crippen molar-refractivity contribution < 1.29 is 14.7 Å². The summed E-state index contributed by atoms with van der Waals surface area (Å²) in [6, 6.07) is -0.298. The number of thioether (sulfide) groups is 1. The molecular formula is C9H18N2O3S. The Morgan fingerprint density at radius 1 is 1.47 bits per heavy atom. The number of aliphatic carboxylic acids is 1. The summed E-state index contributed by atoms with van der Waals surface area (Å²) in [4.78, 5) is 23.3. The Balaban J connectivity index is 3.98. The Labute approximate surface area is 94.2 Å². The van der Waals surface area contributed by atoms with E-state index < -0.39 is 5.97 Å². The van der Waals surface area contributed by atoms with Crippen molar-refractivity contribution in [3.05, 3.63) is 0 Å². The fourth-order valence-corrected chi connectivity index (χ4v) is 1.36. The lowest BCUT2D eigenvalue weighted by atomic mass is 10.4. The average molecular weight is 234 g/mol. The molecule has 0 spiro atoms. The molecule has 0 heterocycles. The maximum atomic E-state index is 11.5. The van der Waals surface area contributed by atoms with E-state index in [0.717, 1.165) is 12.2 Å². The van der Waals surface area contributed by atoms with Crippen molar-refractivity contribution in [3.8, 4) is 0 Å². The molecule has 0 saturated carbocycles. The zero-order valence-corrected chi connectivity index (χ0v) is 9.97. The van der Waals surface area contributed by atoms with Crippen molar-refractivity contribution in [2.24, 2.45) is 0 Å². The minimum atomic E-state index is -0.983. The van der Waals surface area contributed by atoms with Crippen molar-refractivity contribution in [1.82, 2.24) is 10.2 Å². The van der Waals surface area contributed by atoms with E-state index in [1.165, 1.54) is 4.90 Å². The van der Waals surface area contributed by atoms with Gasteiger partial charge in [-0.2, -0.15) is 11.8 Å². The van der Waals surface area contributed by atoms with E-state index in [-0.39, 0.29) is 12.6 Å². The quantitative estimate of drug-likeness (QED) is 0.641. The Morgan fingerprint density at radius 3 is 2.60 bits per heavy atom. The van der Waals surface area contributed by atoms with Crippen LogP contribution in [0.3, 0.4) is 0 Å². The largest absolute Gasteiger partial charge is 0.480 e. The van der Waals surface area contributed by atoms with Gasteiger partial charge in [0.25, 0.3) is 0 Å². The molecule has 0 fully saturated rings. The number of hydrogen-bond acceptors (Lipinski definition) is 3. The predicted octanol–water partition coefficient (Wildman–Crippen LogP) is 0.856. The van der Waals surface area contributed by atoms with Crippen LogP contribution in [0.5, 0.6) is 0 Å². The number of nitrogens with one attached hydrogen (secondary N) is 1. The Bertz CT molecular complexity index is 212. The number of hydrogen-bond donors (Lipinski definition) is 2. The molecule has 0 atom stereocenters. The predicted molar refractivity (Wildman–Crippen MR) is 61.3 cm³/mol. The Kier molecular flexibility index (Phi) is 7.89. The number of carboxylic acids is 1. The van der Waals surface area contributed by atoms with Crippen LogP contribution in [0.15, 0.2) is 0 Å². The van der Waals surface area contributed by atoms with Gasteiger partial charge in [0, 0.05) is 18.8 Å². The molecule has 15 heavy (non-hydrogen) atoms. The first-order chi connectivity index (χ1) is 7.11. The first-order valence-corrected chi connectivity index (χ1v) is 6.24. The lowest BCUT2D eigenvalue weighted by molar-refractivity contribution is -0.137. The maximum Gasteiger partial charge on any atom is 0.323 e. The minimum absolute atomic E-state index is 0.237. The second-order valence-electron chi connectivity index (χ2n) is 3.04. The second-order valence-corrected chi connectivity index (χ2v) is 4.03. The second kappa shape index (κ2) is 8.40. The molecule has 0 radical (unpaired) electrons. The lowest BCUT2D eigenvalue weighted by Crippen LogP contribution is -2.43. The Hall–Kier alpha value is -0.910. The van der Waals surface area contributed by atoms with Crippen molar-refractivity contribution in [2.75, 3.05) is 31.6 Å². The molecule has 0 aromatic carbocycles. The average Bonchev–Trinajstić information content (AvgIpc) is 2.17. The zero-order valence-electron chi connectivity index (χ0n) is 9.15. The van der Waals surface area contributed by atoms with Gasteiger partial charge in [-0.05, 0) is 12.7 Å². The fraction of sp³-hybridized carbons (Fsp3) is 0.778. The molecule has 6 heteroatoms. The molecule has 0 saturated heterocycles. The van der Waals surface area contributed by atoms with E-state index >= 15 is 0 Å². The molecule has 0 aromatic rings. The SMILES string of the molecule is CCCN(CC(=O)O)C(=O)NCCSC. The van der Waals surface area contributed by atoms with E-state index in [1.54, 1.807) is 11.8 Å². The Morgan fingerprint density at radius 2 is 2.13 bits per heavy atom. The molecular weight excluding hydrogens is 216 g/mol. The minimum Gasteiger partial charge on any atom is -0.480 e. The van der Waals surface area contributed by atoms with Crippen LogP contribution in [-0.4, -0.2) is 53.6 Å². The summed E-state index contributed by atoms with van der Waals surface area (Å²) in [7, 11) is 0. The lowest BCUT2D eigenvalue weighted by Gasteiger charge is -2.20. The topological polar surface area (TPSA) is 69.6 Å². The molecule has 2 N–H and O–H groups in total. The van der Waals surface area contributed by atoms with Crippen LogP contribution in [0.25, 0.3) is 0 Å². The number of rotatable bonds is 7. The van der Waals surface area contributed by atoms with Gasteiger partial charge in [-0.3, -0.25) is 4.79 Å². The van der Waals surface area contributed by atoms with Crippen molar-refractivity contribution >= 4 is 23.8 Å². The number of amides is 2. The third-order valence-electron chi connectivity index (χ3n) is 1.69. The van der Waals surface area contributed by atoms with Crippen LogP contribution in [0, 0.1) is 0 Å². The van der Waals surface area contributed by atoms with Gasteiger partial charge in [0.2, 0.25) is 0 Å². The monoisotopic (exact) mass is 234 g/mol. The standard InChI is InChI=1S/C9H18N2O3S/c1-3-5-11(7-8(12)13)9(14)10-4-6-15-2/h3-7H2,1-2H3,(H,10,14)(H,12,13). The summed E-state index contributed by atoms with van der Waals surface area (Å²) in [6.07, 6.45) is 2.70. The normalized spacial score (nSPS) is 9.73. The van der Waals surface area contributed by atoms with Gasteiger partial charge in [0.15, 0.2) is 0 Å². The van der Waals surface area contributed by atoms with Gasteiger partial charge >= 0.3 is 12.0 Å². The molecule has 2 amide bonds. The third kappa shape index (κ3) is 7.07. The number of carbonyl (C=O) groups is 2. The molecule has 0 aliphatic rings. The molecule has 0 aliphatic carbocycles. The molecule has 0 unspecified atom stereocenters. The van der Waals surface area contributed by atoms with Gasteiger partial charge in [-0.25, -0.2) is 4.79 Å². The smallest absolute Gasteiger partial charge is 0.323 e. The van der Waals surface area contributed by atoms with E-state index in [4.69, 9.17) is 5.11 Å². The summed E-state index contributed by atoms with van der Waals surface area (Å²) in [6.45, 7) is 2.71. The number of nitrogens with zero attached hydrogens (tertiary/aromatic N) is 1. The van der Waals surface area contributed by atoms with Crippen molar-refractivity contribution in [1.29, 1.82) is 0 Å². The van der Waals surface area contributed by atoms with Crippen LogP contribution >= 0.6 is 11.8 Å². The summed E-state index contributed by atoms with van der Waals surface area (Å²) in [5, 5.41) is 11.3. The van der Waals surface area contributed by atoms with E-state index in [9.17, 15) is 9.59 Å². The van der Waals surface area contributed by atoms with Gasteiger partial charge in [0.05, 0.1) is 0 Å². The van der Waals surface area contributed by atoms with E-state index in [1.807, 2.05) is 13.2 Å². The van der Waals surface area contributed by atoms with E-state index in [2.05, 4.69) is 5.32 Å². The highest BCUT2D eigenvalue weighted by atomic mass is 32.2. The summed E-state index contributed by atoms with van der Waals surface area (Å²) in [5.41, 5.74) is 0. The van der Waals surface area contributed by atoms with E-state index in [0.29, 0.717) is 13.1 Å². The summed E-state index contributed by atoms with van der Waals surface area (Å²) in [5.74, 6) is -0.151. The third-order valence-corrected chi connectivity index (χ3v) is 2.30. The number of urea groups is 1. The first-order valence-electron chi connectivity index (χ1n) is 4.85. The van der Waals surface area contributed by atoms with Crippen LogP contribution < -0.4 is 5.32 Å². The zero-order chi connectivity index (χ0) is 11.7. The van der Waals surface area contributed by atoms with Gasteiger partial charge in [-0.15, -0.1) is 0 Å². The van der Waals surface area contributed by atoms with Crippen molar-refractivity contribution in [2.45, 2.75) is 13.3 Å². The summed E-state index contributed by atoms with van der Waals surface area (Å²) < 4.78 is 0. The first kappa shape index (κ1) is 14.1. The highest BCUT2D eigenvalue weighted by Gasteiger charge is 2.14. The van der Waals surface area contributed by atoms with Crippen LogP contribution in [0.2, 0.25) is 0 Å². The van der Waals surface area contributed by atoms with Crippen LogP contribution in [0.1, 0.15) is 13.3 Å². The number of carbonyl (C=O) groups excluding carboxylic acids is 1. The van der Waals surface area contributed by atoms with Crippen LogP contribution in [-0.2, 0) is 4.79 Å². The maximum absolute atomic E-state index is 11.5. The van der Waals surface area contributed by atoms with Gasteiger partial charge in [0.1, 0.15) is 6.54 Å². The number of carboxylic acid groups (broad SMARTS) is 1. The highest BCUT2D eigenvalue weighted by molar-refractivity contribution is 7.98. The van der Waals surface area contributed by atoms with Gasteiger partial charge < -0.3 is 15.3 Å². The van der Waals surface area contributed by atoms with Gasteiger partial charge in [-0.1, -0.05) is 6.92 Å². The fourth-order valence-electron chi connectivity index (χ4n) is 1.06. The summed E-state index contributed by atoms with van der Waals surface area (Å²) >= 11 is 1.63. The molecule has 0 aromatic heterocycles. The molecule has 0 bridgehead atoms. The molecule has 0 rings (SSSR count). The highest BCUT2D eigenvalue weighted by Crippen LogP contribution is 1.94. The molecule has 5 nitrogen and oxygen atoms in total. The van der Waals surface area contributed by atoms with Crippen LogP contribution in [0.4, 0.5) is 4.79 Å². The molecule has 0 aliphatic heterocycles.